The lowest BCUT2D eigenvalue weighted by molar-refractivity contribution is -0.124. The molecule has 1 amide bonds. The Labute approximate surface area is 146 Å². The summed E-state index contributed by atoms with van der Waals surface area (Å²) in [6.07, 6.45) is 1.05. The summed E-state index contributed by atoms with van der Waals surface area (Å²) in [5.41, 5.74) is 1.01. The number of rotatable bonds is 6. The lowest BCUT2D eigenvalue weighted by Gasteiger charge is -2.14. The molecule has 0 saturated heterocycles. The number of sulfone groups is 1. The first-order valence-electron chi connectivity index (χ1n) is 7.59. The third-order valence-corrected chi connectivity index (χ3v) is 4.62. The summed E-state index contributed by atoms with van der Waals surface area (Å²) in [6.45, 7) is 1.38. The van der Waals surface area contributed by atoms with Crippen LogP contribution >= 0.6 is 0 Å². The molecule has 0 fully saturated rings. The van der Waals surface area contributed by atoms with E-state index in [1.165, 1.54) is 24.3 Å². The highest BCUT2D eigenvalue weighted by Crippen LogP contribution is 2.13. The van der Waals surface area contributed by atoms with Gasteiger partial charge in [-0.15, -0.1) is 0 Å². The molecule has 0 aliphatic carbocycles. The smallest absolute Gasteiger partial charge is 0.338 e. The number of esters is 1. The maximum absolute atomic E-state index is 12.0. The minimum absolute atomic E-state index is 0.0177. The van der Waals surface area contributed by atoms with Gasteiger partial charge in [0.15, 0.2) is 16.4 Å². The average molecular weight is 361 g/mol. The number of carbonyl (C=O) groups excluding carboxylic acids is 2. The Morgan fingerprint density at radius 2 is 1.76 bits per heavy atom. The molecule has 0 bridgehead atoms. The van der Waals surface area contributed by atoms with Crippen LogP contribution in [0.4, 0.5) is 0 Å². The second kappa shape index (κ2) is 7.94. The number of hydrogen-bond donors (Lipinski definition) is 1. The third kappa shape index (κ3) is 5.42. The molecule has 0 aliphatic heterocycles. The minimum atomic E-state index is -3.42. The van der Waals surface area contributed by atoms with Gasteiger partial charge in [-0.1, -0.05) is 36.4 Å². The largest absolute Gasteiger partial charge is 0.452 e. The van der Waals surface area contributed by atoms with Crippen LogP contribution in [0.2, 0.25) is 0 Å². The van der Waals surface area contributed by atoms with Crippen molar-refractivity contribution in [2.24, 2.45) is 0 Å². The zero-order chi connectivity index (χ0) is 18.4. The molecule has 2 aromatic carbocycles. The third-order valence-electron chi connectivity index (χ3n) is 3.51. The molecule has 25 heavy (non-hydrogen) atoms. The lowest BCUT2D eigenvalue weighted by atomic mass is 10.1. The molecule has 1 atom stereocenters. The standard InChI is InChI=1S/C18H19NO5S/c1-13(14-7-4-3-5-8-14)19-17(20)12-24-18(21)15-9-6-10-16(11-15)25(2,22)23/h3-11,13H,12H2,1-2H3,(H,19,20)/t13-/m0/s1. The molecule has 6 nitrogen and oxygen atoms in total. The van der Waals surface area contributed by atoms with Crippen LogP contribution in [0.1, 0.15) is 28.9 Å². The monoisotopic (exact) mass is 361 g/mol. The van der Waals surface area contributed by atoms with Crippen LogP contribution in [-0.2, 0) is 19.4 Å². The van der Waals surface area contributed by atoms with Crippen molar-refractivity contribution in [2.75, 3.05) is 12.9 Å². The number of benzene rings is 2. The van der Waals surface area contributed by atoms with Gasteiger partial charge < -0.3 is 10.1 Å². The zero-order valence-electron chi connectivity index (χ0n) is 13.9. The highest BCUT2D eigenvalue weighted by molar-refractivity contribution is 7.90. The summed E-state index contributed by atoms with van der Waals surface area (Å²) in [6, 6.07) is 14.7. The van der Waals surface area contributed by atoms with Crippen molar-refractivity contribution in [3.05, 3.63) is 65.7 Å². The summed E-state index contributed by atoms with van der Waals surface area (Å²) in [7, 11) is -3.42. The predicted molar refractivity (Wildman–Crippen MR) is 92.8 cm³/mol. The predicted octanol–water partition coefficient (Wildman–Crippen LogP) is 2.12. The maximum Gasteiger partial charge on any atom is 0.338 e. The van der Waals surface area contributed by atoms with Gasteiger partial charge in [-0.05, 0) is 30.7 Å². The van der Waals surface area contributed by atoms with Gasteiger partial charge >= 0.3 is 5.97 Å². The molecule has 0 aliphatic rings. The summed E-state index contributed by atoms with van der Waals surface area (Å²) in [4.78, 5) is 23.9. The van der Waals surface area contributed by atoms with Crippen LogP contribution in [0.15, 0.2) is 59.5 Å². The number of hydrogen-bond acceptors (Lipinski definition) is 5. The van der Waals surface area contributed by atoms with E-state index in [0.717, 1.165) is 11.8 Å². The van der Waals surface area contributed by atoms with Crippen LogP contribution in [0.5, 0.6) is 0 Å². The fraction of sp³-hybridized carbons (Fsp3) is 0.222. The first-order valence-corrected chi connectivity index (χ1v) is 9.48. The molecule has 0 unspecified atom stereocenters. The molecular weight excluding hydrogens is 342 g/mol. The van der Waals surface area contributed by atoms with Gasteiger partial charge in [0, 0.05) is 6.26 Å². The fourth-order valence-electron chi connectivity index (χ4n) is 2.18. The Balaban J connectivity index is 1.92. The number of carbonyl (C=O) groups is 2. The Bertz CT molecular complexity index is 862. The van der Waals surface area contributed by atoms with Crippen molar-refractivity contribution in [1.29, 1.82) is 0 Å². The SMILES string of the molecule is C[C@H](NC(=O)COC(=O)c1cccc(S(C)(=O)=O)c1)c1ccccc1. The van der Waals surface area contributed by atoms with E-state index in [1.54, 1.807) is 0 Å². The van der Waals surface area contributed by atoms with Crippen LogP contribution in [0, 0.1) is 0 Å². The van der Waals surface area contributed by atoms with Gasteiger partial charge in [0.2, 0.25) is 0 Å². The van der Waals surface area contributed by atoms with E-state index in [0.29, 0.717) is 0 Å². The lowest BCUT2D eigenvalue weighted by Crippen LogP contribution is -2.31. The molecule has 7 heteroatoms. The van der Waals surface area contributed by atoms with Gasteiger partial charge in [-0.3, -0.25) is 4.79 Å². The Morgan fingerprint density at radius 1 is 1.08 bits per heavy atom. The van der Waals surface area contributed by atoms with Crippen LogP contribution in [-0.4, -0.2) is 33.2 Å². The van der Waals surface area contributed by atoms with Crippen molar-refractivity contribution < 1.29 is 22.7 Å². The molecular formula is C18H19NO5S. The van der Waals surface area contributed by atoms with E-state index in [-0.39, 0.29) is 16.5 Å². The van der Waals surface area contributed by atoms with E-state index in [4.69, 9.17) is 4.74 Å². The van der Waals surface area contributed by atoms with Gasteiger partial charge in [-0.2, -0.15) is 0 Å². The number of ether oxygens (including phenoxy) is 1. The highest BCUT2D eigenvalue weighted by Gasteiger charge is 2.15. The van der Waals surface area contributed by atoms with Crippen LogP contribution in [0.25, 0.3) is 0 Å². The molecule has 132 valence electrons. The Hall–Kier alpha value is -2.67. The second-order valence-electron chi connectivity index (χ2n) is 5.58. The van der Waals surface area contributed by atoms with Crippen LogP contribution < -0.4 is 5.32 Å². The molecule has 2 rings (SSSR count). The van der Waals surface area contributed by atoms with Crippen LogP contribution in [0.3, 0.4) is 0 Å². The average Bonchev–Trinajstić information content (AvgIpc) is 2.59. The van der Waals surface area contributed by atoms with Gasteiger partial charge in [-0.25, -0.2) is 13.2 Å². The quantitative estimate of drug-likeness (QED) is 0.796. The molecule has 0 heterocycles. The molecule has 0 saturated carbocycles. The van der Waals surface area contributed by atoms with Crippen molar-refractivity contribution in [3.63, 3.8) is 0 Å². The zero-order valence-corrected chi connectivity index (χ0v) is 14.7. The first kappa shape index (κ1) is 18.7. The van der Waals surface area contributed by atoms with Gasteiger partial charge in [0.1, 0.15) is 0 Å². The normalized spacial score (nSPS) is 12.2. The number of nitrogens with one attached hydrogen (secondary N) is 1. The van der Waals surface area contributed by atoms with Crippen molar-refractivity contribution in [2.45, 2.75) is 17.9 Å². The molecule has 0 aromatic heterocycles. The second-order valence-corrected chi connectivity index (χ2v) is 7.59. The van der Waals surface area contributed by atoms with E-state index >= 15 is 0 Å². The highest BCUT2D eigenvalue weighted by atomic mass is 32.2. The van der Waals surface area contributed by atoms with E-state index in [2.05, 4.69) is 5.32 Å². The Kier molecular flexibility index (Phi) is 5.93. The van der Waals surface area contributed by atoms with Crippen molar-refractivity contribution >= 4 is 21.7 Å². The molecule has 2 aromatic rings. The number of amides is 1. The van der Waals surface area contributed by atoms with Crippen molar-refractivity contribution in [1.82, 2.24) is 5.32 Å². The molecule has 0 radical (unpaired) electrons. The van der Waals surface area contributed by atoms with Crippen molar-refractivity contribution in [3.8, 4) is 0 Å². The molecule has 0 spiro atoms. The Morgan fingerprint density at radius 3 is 2.40 bits per heavy atom. The van der Waals surface area contributed by atoms with E-state index in [1.807, 2.05) is 37.3 Å². The summed E-state index contributed by atoms with van der Waals surface area (Å²) < 4.78 is 28.0. The summed E-state index contributed by atoms with van der Waals surface area (Å²) in [5, 5.41) is 2.73. The summed E-state index contributed by atoms with van der Waals surface area (Å²) in [5.74, 6) is -1.20. The van der Waals surface area contributed by atoms with E-state index < -0.39 is 28.3 Å². The van der Waals surface area contributed by atoms with E-state index in [9.17, 15) is 18.0 Å². The van der Waals surface area contributed by atoms with Gasteiger partial charge in [0.05, 0.1) is 16.5 Å². The first-order chi connectivity index (χ1) is 11.8. The topological polar surface area (TPSA) is 89.5 Å². The maximum atomic E-state index is 12.0. The molecule has 1 N–H and O–H groups in total. The fourth-order valence-corrected chi connectivity index (χ4v) is 2.84. The summed E-state index contributed by atoms with van der Waals surface area (Å²) >= 11 is 0. The minimum Gasteiger partial charge on any atom is -0.452 e. The van der Waals surface area contributed by atoms with Gasteiger partial charge in [0.25, 0.3) is 5.91 Å².